The molecule has 0 spiro atoms. The van der Waals surface area contributed by atoms with E-state index in [1.54, 1.807) is 24.3 Å². The van der Waals surface area contributed by atoms with Gasteiger partial charge >= 0.3 is 6.18 Å². The van der Waals surface area contributed by atoms with Gasteiger partial charge in [-0.1, -0.05) is 0 Å². The van der Waals surface area contributed by atoms with E-state index in [9.17, 15) is 13.2 Å². The number of rotatable bonds is 3. The zero-order valence-corrected chi connectivity index (χ0v) is 9.87. The molecule has 19 heavy (non-hydrogen) atoms. The van der Waals surface area contributed by atoms with Gasteiger partial charge in [0.05, 0.1) is 17.7 Å². The number of ether oxygens (including phenoxy) is 1. The lowest BCUT2D eigenvalue weighted by molar-refractivity contribution is -0.219. The van der Waals surface area contributed by atoms with Crippen molar-refractivity contribution >= 4 is 5.69 Å². The molecule has 1 fully saturated rings. The zero-order valence-electron chi connectivity index (χ0n) is 9.87. The molecule has 4 nitrogen and oxygen atoms in total. The number of hydrogen-bond acceptors (Lipinski definition) is 4. The van der Waals surface area contributed by atoms with Gasteiger partial charge in [-0.05, 0) is 24.3 Å². The summed E-state index contributed by atoms with van der Waals surface area (Å²) in [6.45, 7) is 0.416. The van der Waals surface area contributed by atoms with Gasteiger partial charge in [0.2, 0.25) is 6.23 Å². The smallest absolute Gasteiger partial charge is 0.382 e. The van der Waals surface area contributed by atoms with E-state index in [2.05, 4.69) is 10.6 Å². The summed E-state index contributed by atoms with van der Waals surface area (Å²) < 4.78 is 41.9. The molecule has 0 amide bonds. The largest absolute Gasteiger partial charge is 0.428 e. The standard InChI is InChI=1S/C12H12F3N3O/c13-12(14,15)11-18-7-10(19-11)6-17-9-3-1-8(5-16)2-4-9/h1-4,10-11,17-18H,6-7H2. The average Bonchev–Trinajstić information content (AvgIpc) is 2.86. The second-order valence-corrected chi connectivity index (χ2v) is 4.16. The van der Waals surface area contributed by atoms with Gasteiger partial charge in [-0.15, -0.1) is 0 Å². The van der Waals surface area contributed by atoms with Gasteiger partial charge < -0.3 is 10.1 Å². The Hall–Kier alpha value is -1.78. The highest BCUT2D eigenvalue weighted by Crippen LogP contribution is 2.25. The summed E-state index contributed by atoms with van der Waals surface area (Å²) in [5.74, 6) is 0. The maximum Gasteiger partial charge on any atom is 0.428 e. The van der Waals surface area contributed by atoms with E-state index in [1.807, 2.05) is 6.07 Å². The fourth-order valence-corrected chi connectivity index (χ4v) is 1.73. The second kappa shape index (κ2) is 5.47. The van der Waals surface area contributed by atoms with Gasteiger partial charge in [0.25, 0.3) is 0 Å². The lowest BCUT2D eigenvalue weighted by Crippen LogP contribution is -2.38. The summed E-state index contributed by atoms with van der Waals surface area (Å²) in [4.78, 5) is 0. The second-order valence-electron chi connectivity index (χ2n) is 4.16. The molecule has 1 aliphatic rings. The highest BCUT2D eigenvalue weighted by Gasteiger charge is 2.45. The minimum atomic E-state index is -4.39. The normalized spacial score (nSPS) is 23.1. The fraction of sp³-hybridized carbons (Fsp3) is 0.417. The molecule has 102 valence electrons. The maximum absolute atomic E-state index is 12.3. The van der Waals surface area contributed by atoms with Crippen LogP contribution in [0.1, 0.15) is 5.56 Å². The minimum Gasteiger partial charge on any atom is -0.382 e. The van der Waals surface area contributed by atoms with Crippen LogP contribution in [0.2, 0.25) is 0 Å². The van der Waals surface area contributed by atoms with Gasteiger partial charge in [0.15, 0.2) is 0 Å². The number of alkyl halides is 3. The third-order valence-electron chi connectivity index (χ3n) is 2.70. The highest BCUT2D eigenvalue weighted by molar-refractivity contribution is 5.47. The summed E-state index contributed by atoms with van der Waals surface area (Å²) >= 11 is 0. The molecule has 0 bridgehead atoms. The molecule has 1 saturated heterocycles. The van der Waals surface area contributed by atoms with Crippen LogP contribution in [0.5, 0.6) is 0 Å². The topological polar surface area (TPSA) is 57.1 Å². The number of benzene rings is 1. The third kappa shape index (κ3) is 3.59. The van der Waals surface area contributed by atoms with Crippen molar-refractivity contribution in [2.45, 2.75) is 18.5 Å². The molecule has 0 saturated carbocycles. The van der Waals surface area contributed by atoms with Crippen LogP contribution in [0.25, 0.3) is 0 Å². The highest BCUT2D eigenvalue weighted by atomic mass is 19.4. The summed E-state index contributed by atoms with van der Waals surface area (Å²) in [5.41, 5.74) is 1.26. The molecule has 2 N–H and O–H groups in total. The van der Waals surface area contributed by atoms with Crippen LogP contribution in [-0.2, 0) is 4.74 Å². The predicted octanol–water partition coefficient (Wildman–Crippen LogP) is 1.85. The van der Waals surface area contributed by atoms with Gasteiger partial charge in [-0.2, -0.15) is 18.4 Å². The minimum absolute atomic E-state index is 0.146. The molecular formula is C12H12F3N3O. The maximum atomic E-state index is 12.3. The predicted molar refractivity (Wildman–Crippen MR) is 62.4 cm³/mol. The van der Waals surface area contributed by atoms with Crippen LogP contribution in [0.4, 0.5) is 18.9 Å². The van der Waals surface area contributed by atoms with E-state index >= 15 is 0 Å². The van der Waals surface area contributed by atoms with Crippen molar-refractivity contribution in [1.29, 1.82) is 5.26 Å². The van der Waals surface area contributed by atoms with Crippen LogP contribution < -0.4 is 10.6 Å². The molecule has 0 aromatic heterocycles. The van der Waals surface area contributed by atoms with E-state index < -0.39 is 18.5 Å². The molecule has 7 heteroatoms. The van der Waals surface area contributed by atoms with Crippen molar-refractivity contribution in [3.8, 4) is 6.07 Å². The monoisotopic (exact) mass is 271 g/mol. The Bertz CT molecular complexity index is 467. The quantitative estimate of drug-likeness (QED) is 0.881. The van der Waals surface area contributed by atoms with E-state index in [0.717, 1.165) is 5.69 Å². The first-order valence-corrected chi connectivity index (χ1v) is 5.68. The number of anilines is 1. The van der Waals surface area contributed by atoms with Crippen LogP contribution in [0, 0.1) is 11.3 Å². The summed E-state index contributed by atoms with van der Waals surface area (Å²) in [5, 5.41) is 13.9. The molecule has 1 heterocycles. The number of nitriles is 1. The molecule has 1 aromatic carbocycles. The Kier molecular flexibility index (Phi) is 3.93. The van der Waals surface area contributed by atoms with Gasteiger partial charge in [-0.25, -0.2) is 0 Å². The van der Waals surface area contributed by atoms with Crippen molar-refractivity contribution in [3.63, 3.8) is 0 Å². The van der Waals surface area contributed by atoms with Crippen molar-refractivity contribution in [1.82, 2.24) is 5.32 Å². The molecule has 1 aliphatic heterocycles. The number of halogens is 3. The van der Waals surface area contributed by atoms with Crippen LogP contribution in [0.15, 0.2) is 24.3 Å². The van der Waals surface area contributed by atoms with Crippen molar-refractivity contribution < 1.29 is 17.9 Å². The Morgan fingerprint density at radius 2 is 2.05 bits per heavy atom. The number of nitrogens with one attached hydrogen (secondary N) is 2. The lowest BCUT2D eigenvalue weighted by Gasteiger charge is -2.16. The van der Waals surface area contributed by atoms with Crippen molar-refractivity contribution in [2.75, 3.05) is 18.4 Å². The Morgan fingerprint density at radius 1 is 1.37 bits per heavy atom. The van der Waals surface area contributed by atoms with E-state index in [4.69, 9.17) is 10.00 Å². The number of hydrogen-bond donors (Lipinski definition) is 2. The molecule has 1 aromatic rings. The summed E-state index contributed by atoms with van der Waals surface area (Å²) in [6, 6.07) is 8.65. The molecule has 0 aliphatic carbocycles. The third-order valence-corrected chi connectivity index (χ3v) is 2.70. The first-order valence-electron chi connectivity index (χ1n) is 5.68. The Balaban J connectivity index is 1.82. The fourth-order valence-electron chi connectivity index (χ4n) is 1.73. The van der Waals surface area contributed by atoms with E-state index in [0.29, 0.717) is 5.56 Å². The average molecular weight is 271 g/mol. The SMILES string of the molecule is N#Cc1ccc(NCC2CNC(C(F)(F)F)O2)cc1. The first-order chi connectivity index (χ1) is 8.99. The van der Waals surface area contributed by atoms with Crippen molar-refractivity contribution in [2.24, 2.45) is 0 Å². The van der Waals surface area contributed by atoms with E-state index in [-0.39, 0.29) is 13.1 Å². The molecular weight excluding hydrogens is 259 g/mol. The molecule has 0 radical (unpaired) electrons. The van der Waals surface area contributed by atoms with Gasteiger partial charge in [-0.3, -0.25) is 5.32 Å². The summed E-state index contributed by atoms with van der Waals surface area (Å²) in [6.07, 6.45) is -6.81. The van der Waals surface area contributed by atoms with Crippen molar-refractivity contribution in [3.05, 3.63) is 29.8 Å². The Morgan fingerprint density at radius 3 is 2.58 bits per heavy atom. The van der Waals surface area contributed by atoms with E-state index in [1.165, 1.54) is 0 Å². The molecule has 2 atom stereocenters. The number of nitrogens with zero attached hydrogens (tertiary/aromatic N) is 1. The van der Waals surface area contributed by atoms with Crippen LogP contribution in [-0.4, -0.2) is 31.6 Å². The Labute approximate surface area is 108 Å². The first kappa shape index (κ1) is 13.6. The molecule has 2 unspecified atom stereocenters. The van der Waals surface area contributed by atoms with Crippen LogP contribution >= 0.6 is 0 Å². The summed E-state index contributed by atoms with van der Waals surface area (Å²) in [7, 11) is 0. The molecule has 2 rings (SSSR count). The van der Waals surface area contributed by atoms with Gasteiger partial charge in [0.1, 0.15) is 0 Å². The van der Waals surface area contributed by atoms with Crippen LogP contribution in [0.3, 0.4) is 0 Å². The lowest BCUT2D eigenvalue weighted by atomic mass is 10.2. The zero-order chi connectivity index (χ0) is 13.9. The van der Waals surface area contributed by atoms with Gasteiger partial charge in [0, 0.05) is 18.8 Å².